The van der Waals surface area contributed by atoms with Crippen LogP contribution >= 0.6 is 0 Å². The van der Waals surface area contributed by atoms with E-state index in [4.69, 9.17) is 4.74 Å². The van der Waals surface area contributed by atoms with E-state index in [0.717, 1.165) is 11.1 Å². The third-order valence-corrected chi connectivity index (χ3v) is 3.83. The first-order valence-electron chi connectivity index (χ1n) is 7.95. The maximum atomic E-state index is 13.7. The van der Waals surface area contributed by atoms with Crippen LogP contribution in [0.1, 0.15) is 24.1 Å². The number of ether oxygens (including phenoxy) is 1. The lowest BCUT2D eigenvalue weighted by Gasteiger charge is -2.19. The van der Waals surface area contributed by atoms with E-state index in [1.165, 1.54) is 25.3 Å². The summed E-state index contributed by atoms with van der Waals surface area (Å²) in [6.45, 7) is 2.43. The molecule has 1 N–H and O–H groups in total. The molecular formula is C19H22F2N2O2. The van der Waals surface area contributed by atoms with Gasteiger partial charge in [0.15, 0.2) is 11.6 Å². The van der Waals surface area contributed by atoms with Crippen LogP contribution in [0.4, 0.5) is 8.78 Å². The molecule has 1 amide bonds. The number of hydrogen-bond donors (Lipinski definition) is 1. The topological polar surface area (TPSA) is 41.6 Å². The number of nitrogens with one attached hydrogen (secondary N) is 1. The maximum absolute atomic E-state index is 13.7. The number of rotatable bonds is 7. The number of carbonyl (C=O) groups excluding carboxylic acids is 1. The van der Waals surface area contributed by atoms with E-state index in [9.17, 15) is 13.6 Å². The Bertz CT molecular complexity index is 720. The lowest BCUT2D eigenvalue weighted by atomic mass is 10.1. The quantitative estimate of drug-likeness (QED) is 0.835. The van der Waals surface area contributed by atoms with Gasteiger partial charge in [0, 0.05) is 6.54 Å². The molecule has 134 valence electrons. The zero-order valence-corrected chi connectivity index (χ0v) is 14.6. The van der Waals surface area contributed by atoms with Gasteiger partial charge in [0.05, 0.1) is 19.7 Å². The summed E-state index contributed by atoms with van der Waals surface area (Å²) in [6, 6.07) is 10.5. The van der Waals surface area contributed by atoms with Crippen molar-refractivity contribution >= 4 is 5.91 Å². The molecule has 0 radical (unpaired) electrons. The van der Waals surface area contributed by atoms with Crippen LogP contribution < -0.4 is 10.1 Å². The second kappa shape index (κ2) is 8.58. The SMILES string of the molecule is COc1ccc(CN(C)CC(=O)NC(C)c2ccc(F)cc2)cc1F. The van der Waals surface area contributed by atoms with Crippen molar-refractivity contribution < 1.29 is 18.3 Å². The van der Waals surface area contributed by atoms with Gasteiger partial charge in [0.1, 0.15) is 5.82 Å². The average Bonchev–Trinajstić information content (AvgIpc) is 2.55. The first-order valence-corrected chi connectivity index (χ1v) is 7.95. The third kappa shape index (κ3) is 5.53. The molecule has 0 aliphatic rings. The number of nitrogens with zero attached hydrogens (tertiary/aromatic N) is 1. The van der Waals surface area contributed by atoms with Gasteiger partial charge in [-0.1, -0.05) is 18.2 Å². The van der Waals surface area contributed by atoms with Crippen LogP contribution in [0.2, 0.25) is 0 Å². The van der Waals surface area contributed by atoms with Gasteiger partial charge in [-0.05, 0) is 49.4 Å². The highest BCUT2D eigenvalue weighted by Crippen LogP contribution is 2.18. The second-order valence-electron chi connectivity index (χ2n) is 5.98. The Kier molecular flexibility index (Phi) is 6.47. The molecule has 2 rings (SSSR count). The van der Waals surface area contributed by atoms with Crippen molar-refractivity contribution in [3.63, 3.8) is 0 Å². The molecule has 2 aromatic carbocycles. The minimum atomic E-state index is -0.428. The summed E-state index contributed by atoms with van der Waals surface area (Å²) in [6.07, 6.45) is 0. The van der Waals surface area contributed by atoms with Crippen molar-refractivity contribution in [2.24, 2.45) is 0 Å². The Balaban J connectivity index is 1.87. The van der Waals surface area contributed by atoms with Gasteiger partial charge in [-0.2, -0.15) is 0 Å². The highest BCUT2D eigenvalue weighted by Gasteiger charge is 2.13. The van der Waals surface area contributed by atoms with Gasteiger partial charge < -0.3 is 10.1 Å². The van der Waals surface area contributed by atoms with E-state index < -0.39 is 5.82 Å². The highest BCUT2D eigenvalue weighted by atomic mass is 19.1. The van der Waals surface area contributed by atoms with E-state index in [0.29, 0.717) is 6.54 Å². The fourth-order valence-corrected chi connectivity index (χ4v) is 2.54. The van der Waals surface area contributed by atoms with Crippen LogP contribution in [0.3, 0.4) is 0 Å². The van der Waals surface area contributed by atoms with E-state index in [1.807, 2.05) is 6.92 Å². The number of methoxy groups -OCH3 is 1. The van der Waals surface area contributed by atoms with Gasteiger partial charge in [-0.25, -0.2) is 8.78 Å². The van der Waals surface area contributed by atoms with Gasteiger partial charge in [-0.3, -0.25) is 9.69 Å². The molecule has 0 aliphatic heterocycles. The standard InChI is InChI=1S/C19H22F2N2O2/c1-13(15-5-7-16(20)8-6-15)22-19(24)12-23(2)11-14-4-9-18(25-3)17(21)10-14/h4-10,13H,11-12H2,1-3H3,(H,22,24). The molecular weight excluding hydrogens is 326 g/mol. The predicted molar refractivity (Wildman–Crippen MR) is 92.2 cm³/mol. The molecule has 1 unspecified atom stereocenters. The molecule has 0 saturated carbocycles. The first-order chi connectivity index (χ1) is 11.9. The summed E-state index contributed by atoms with van der Waals surface area (Å²) in [7, 11) is 3.20. The number of benzene rings is 2. The molecule has 0 aromatic heterocycles. The molecule has 4 nitrogen and oxygen atoms in total. The van der Waals surface area contributed by atoms with Crippen molar-refractivity contribution in [1.82, 2.24) is 10.2 Å². The van der Waals surface area contributed by atoms with Crippen LogP contribution in [0, 0.1) is 11.6 Å². The van der Waals surface area contributed by atoms with Crippen molar-refractivity contribution in [2.45, 2.75) is 19.5 Å². The van der Waals surface area contributed by atoms with E-state index in [-0.39, 0.29) is 30.1 Å². The Morgan fingerprint density at radius 2 is 1.88 bits per heavy atom. The van der Waals surface area contributed by atoms with Crippen LogP contribution in [0.25, 0.3) is 0 Å². The molecule has 0 fully saturated rings. The number of carbonyl (C=O) groups is 1. The Labute approximate surface area is 146 Å². The number of hydrogen-bond acceptors (Lipinski definition) is 3. The minimum absolute atomic E-state index is 0.159. The maximum Gasteiger partial charge on any atom is 0.234 e. The largest absolute Gasteiger partial charge is 0.494 e. The second-order valence-corrected chi connectivity index (χ2v) is 5.98. The van der Waals surface area contributed by atoms with Crippen molar-refractivity contribution in [3.05, 3.63) is 65.2 Å². The molecule has 0 saturated heterocycles. The molecule has 25 heavy (non-hydrogen) atoms. The lowest BCUT2D eigenvalue weighted by molar-refractivity contribution is -0.122. The first kappa shape index (κ1) is 18.9. The van der Waals surface area contributed by atoms with Crippen LogP contribution in [-0.2, 0) is 11.3 Å². The normalized spacial score (nSPS) is 12.1. The van der Waals surface area contributed by atoms with Crippen LogP contribution in [-0.4, -0.2) is 31.5 Å². The fraction of sp³-hybridized carbons (Fsp3) is 0.316. The van der Waals surface area contributed by atoms with Crippen LogP contribution in [0.5, 0.6) is 5.75 Å². The number of amides is 1. The van der Waals surface area contributed by atoms with Crippen molar-refractivity contribution in [2.75, 3.05) is 20.7 Å². The summed E-state index contributed by atoms with van der Waals surface area (Å²) < 4.78 is 31.5. The van der Waals surface area contributed by atoms with Crippen molar-refractivity contribution in [3.8, 4) is 5.75 Å². The van der Waals surface area contributed by atoms with E-state index in [1.54, 1.807) is 36.2 Å². The number of halogens is 2. The fourth-order valence-electron chi connectivity index (χ4n) is 2.54. The van der Waals surface area contributed by atoms with Gasteiger partial charge in [0.2, 0.25) is 5.91 Å². The molecule has 0 heterocycles. The summed E-state index contributed by atoms with van der Waals surface area (Å²) >= 11 is 0. The summed E-state index contributed by atoms with van der Waals surface area (Å²) in [5.41, 5.74) is 1.58. The Morgan fingerprint density at radius 1 is 1.20 bits per heavy atom. The zero-order valence-electron chi connectivity index (χ0n) is 14.6. The summed E-state index contributed by atoms with van der Waals surface area (Å²) in [4.78, 5) is 13.9. The van der Waals surface area contributed by atoms with Crippen LogP contribution in [0.15, 0.2) is 42.5 Å². The average molecular weight is 348 g/mol. The summed E-state index contributed by atoms with van der Waals surface area (Å²) in [5, 5.41) is 2.86. The van der Waals surface area contributed by atoms with Gasteiger partial charge >= 0.3 is 0 Å². The predicted octanol–water partition coefficient (Wildman–Crippen LogP) is 3.28. The highest BCUT2D eigenvalue weighted by molar-refractivity contribution is 5.78. The summed E-state index contributed by atoms with van der Waals surface area (Å²) in [5.74, 6) is -0.706. The van der Waals surface area contributed by atoms with Gasteiger partial charge in [0.25, 0.3) is 0 Å². The molecule has 0 spiro atoms. The Hall–Kier alpha value is -2.47. The van der Waals surface area contributed by atoms with Crippen molar-refractivity contribution in [1.29, 1.82) is 0 Å². The Morgan fingerprint density at radius 3 is 2.48 bits per heavy atom. The monoisotopic (exact) mass is 348 g/mol. The third-order valence-electron chi connectivity index (χ3n) is 3.83. The number of likely N-dealkylation sites (N-methyl/N-ethyl adjacent to an activating group) is 1. The molecule has 6 heteroatoms. The molecule has 0 bridgehead atoms. The molecule has 2 aromatic rings. The smallest absolute Gasteiger partial charge is 0.234 e. The molecule has 0 aliphatic carbocycles. The molecule has 1 atom stereocenters. The van der Waals surface area contributed by atoms with Gasteiger partial charge in [-0.15, -0.1) is 0 Å². The van der Waals surface area contributed by atoms with E-state index >= 15 is 0 Å². The lowest BCUT2D eigenvalue weighted by Crippen LogP contribution is -2.36. The minimum Gasteiger partial charge on any atom is -0.494 e. The van der Waals surface area contributed by atoms with E-state index in [2.05, 4.69) is 5.32 Å². The zero-order chi connectivity index (χ0) is 18.4.